The molecule has 0 radical (unpaired) electrons. The number of carboxylic acids is 1. The van der Waals surface area contributed by atoms with Crippen molar-refractivity contribution < 1.29 is 50.9 Å². The number of hydrogen-bond donors (Lipinski definition) is 3. The van der Waals surface area contributed by atoms with Gasteiger partial charge in [-0.2, -0.15) is 13.1 Å². The van der Waals surface area contributed by atoms with Crippen LogP contribution in [0.4, 0.5) is 8.78 Å². The zero-order valence-corrected chi connectivity index (χ0v) is 26.2. The van der Waals surface area contributed by atoms with Crippen molar-refractivity contribution >= 4 is 35.2 Å². The van der Waals surface area contributed by atoms with Crippen LogP contribution in [0.15, 0.2) is 89.8 Å². The highest BCUT2D eigenvalue weighted by Gasteiger charge is 2.51. The molecule has 0 aliphatic carbocycles. The van der Waals surface area contributed by atoms with E-state index >= 15 is 0 Å². The van der Waals surface area contributed by atoms with Gasteiger partial charge in [0.15, 0.2) is 0 Å². The molecule has 0 saturated carbocycles. The highest BCUT2D eigenvalue weighted by molar-refractivity contribution is 7.89. The first-order chi connectivity index (χ1) is 21.1. The molecule has 4 aromatic carbocycles. The lowest BCUT2D eigenvalue weighted by Gasteiger charge is -2.24. The van der Waals surface area contributed by atoms with Gasteiger partial charge in [0.2, 0.25) is 10.0 Å². The van der Waals surface area contributed by atoms with Crippen molar-refractivity contribution in [3.8, 4) is 22.6 Å². The van der Waals surface area contributed by atoms with E-state index in [1.54, 1.807) is 36.4 Å². The Hall–Kier alpha value is -3.84. The number of carboxylic acid groups (broad SMARTS) is 1. The van der Waals surface area contributed by atoms with E-state index in [1.165, 1.54) is 44.6 Å². The predicted molar refractivity (Wildman–Crippen MR) is 162 cm³/mol. The summed E-state index contributed by atoms with van der Waals surface area (Å²) in [6.45, 7) is -0.550. The number of carbonyl (C=O) groups is 1. The number of rotatable bonds is 12. The van der Waals surface area contributed by atoms with Crippen molar-refractivity contribution in [3.05, 3.63) is 112 Å². The van der Waals surface area contributed by atoms with Gasteiger partial charge in [0.05, 0.1) is 24.8 Å². The van der Waals surface area contributed by atoms with Crippen molar-refractivity contribution in [1.82, 2.24) is 4.31 Å². The minimum absolute atomic E-state index is 0.0311. The molecule has 0 aromatic heterocycles. The standard InChI is InChI=1S/C30H27ClF2NO9PS/c1-42-26-14-12-22(16-23(26)29(35)36)21-10-7-19(8-11-21)17-34(45(40,41)28-6-4-3-5-27(28)43-2)18-20-9-13-24(25(31)15-20)30(32,33)44(37,38)39/h3-16H,17-18H2,1-2H3,(H,35,36)(H2,37,38,39). The Morgan fingerprint density at radius 3 is 2.02 bits per heavy atom. The fraction of sp³-hybridized carbons (Fsp3) is 0.167. The summed E-state index contributed by atoms with van der Waals surface area (Å²) in [5.41, 5.74) is -3.75. The smallest absolute Gasteiger partial charge is 0.399 e. The Balaban J connectivity index is 1.71. The highest BCUT2D eigenvalue weighted by Crippen LogP contribution is 2.60. The summed E-state index contributed by atoms with van der Waals surface area (Å²) in [5, 5.41) is 8.86. The van der Waals surface area contributed by atoms with Gasteiger partial charge in [-0.25, -0.2) is 13.2 Å². The first-order valence-electron chi connectivity index (χ1n) is 13.0. The van der Waals surface area contributed by atoms with E-state index in [0.29, 0.717) is 16.7 Å². The third-order valence-corrected chi connectivity index (χ3v) is 9.96. The number of halogens is 3. The van der Waals surface area contributed by atoms with E-state index in [2.05, 4.69) is 0 Å². The third-order valence-electron chi connectivity index (χ3n) is 6.85. The van der Waals surface area contributed by atoms with Crippen LogP contribution in [0.5, 0.6) is 11.5 Å². The summed E-state index contributed by atoms with van der Waals surface area (Å²) >= 11 is 6.01. The Morgan fingerprint density at radius 2 is 1.44 bits per heavy atom. The number of sulfonamides is 1. The molecular weight excluding hydrogens is 655 g/mol. The minimum Gasteiger partial charge on any atom is -0.496 e. The van der Waals surface area contributed by atoms with Gasteiger partial charge >= 0.3 is 19.2 Å². The topological polar surface area (TPSA) is 151 Å². The average molecular weight is 682 g/mol. The Bertz CT molecular complexity index is 1880. The molecule has 0 aliphatic rings. The lowest BCUT2D eigenvalue weighted by atomic mass is 10.0. The van der Waals surface area contributed by atoms with Gasteiger partial charge in [-0.15, -0.1) is 0 Å². The number of hydrogen-bond acceptors (Lipinski definition) is 6. The van der Waals surface area contributed by atoms with Crippen LogP contribution in [0.3, 0.4) is 0 Å². The zero-order chi connectivity index (χ0) is 33.2. The zero-order valence-electron chi connectivity index (χ0n) is 23.7. The SMILES string of the molecule is COc1ccc(-c2ccc(CN(Cc3ccc(C(F)(F)P(=O)(O)O)c(Cl)c3)S(=O)(=O)c3ccccc3OC)cc2)cc1C(=O)O. The van der Waals surface area contributed by atoms with Crippen molar-refractivity contribution in [1.29, 1.82) is 0 Å². The van der Waals surface area contributed by atoms with Gasteiger partial charge in [0.1, 0.15) is 22.0 Å². The molecule has 3 N–H and O–H groups in total. The largest absolute Gasteiger partial charge is 0.496 e. The molecule has 0 unspecified atom stereocenters. The fourth-order valence-electron chi connectivity index (χ4n) is 4.52. The average Bonchev–Trinajstić information content (AvgIpc) is 3.00. The van der Waals surface area contributed by atoms with Crippen molar-refractivity contribution in [3.63, 3.8) is 0 Å². The second-order valence-corrected chi connectivity index (χ2v) is 13.7. The quantitative estimate of drug-likeness (QED) is 0.146. The fourth-order valence-corrected chi connectivity index (χ4v) is 6.99. The number of ether oxygens (including phenoxy) is 2. The van der Waals surface area contributed by atoms with Crippen LogP contribution in [0.2, 0.25) is 5.02 Å². The van der Waals surface area contributed by atoms with Gasteiger partial charge in [-0.1, -0.05) is 66.2 Å². The van der Waals surface area contributed by atoms with Gasteiger partial charge in [-0.3, -0.25) is 4.57 Å². The maximum atomic E-state index is 14.4. The second-order valence-electron chi connectivity index (χ2n) is 9.74. The summed E-state index contributed by atoms with van der Waals surface area (Å²) in [6.07, 6.45) is 0. The van der Waals surface area contributed by atoms with E-state index in [0.717, 1.165) is 22.5 Å². The van der Waals surface area contributed by atoms with Crippen LogP contribution in [0.1, 0.15) is 27.0 Å². The molecule has 0 amide bonds. The van der Waals surface area contributed by atoms with Gasteiger partial charge in [0.25, 0.3) is 0 Å². The monoisotopic (exact) mass is 681 g/mol. The molecule has 4 rings (SSSR count). The number of para-hydroxylation sites is 1. The predicted octanol–water partition coefficient (Wildman–Crippen LogP) is 6.34. The van der Waals surface area contributed by atoms with Crippen molar-refractivity contribution in [2.45, 2.75) is 23.6 Å². The molecule has 0 heterocycles. The molecule has 45 heavy (non-hydrogen) atoms. The van der Waals surface area contributed by atoms with E-state index in [1.807, 2.05) is 0 Å². The van der Waals surface area contributed by atoms with Gasteiger partial charge < -0.3 is 24.4 Å². The van der Waals surface area contributed by atoms with E-state index in [4.69, 9.17) is 30.9 Å². The molecule has 238 valence electrons. The lowest BCUT2D eigenvalue weighted by molar-refractivity contribution is 0.0565. The van der Waals surface area contributed by atoms with E-state index < -0.39 is 39.8 Å². The molecule has 4 aromatic rings. The molecule has 0 fully saturated rings. The minimum atomic E-state index is -5.89. The summed E-state index contributed by atoms with van der Waals surface area (Å²) in [7, 11) is -7.51. The maximum absolute atomic E-state index is 14.4. The molecule has 0 aliphatic heterocycles. The molecule has 0 spiro atoms. The third kappa shape index (κ3) is 7.19. The van der Waals surface area contributed by atoms with Crippen LogP contribution >= 0.6 is 19.2 Å². The van der Waals surface area contributed by atoms with Crippen LogP contribution in [-0.2, 0) is 33.3 Å². The van der Waals surface area contributed by atoms with E-state index in [9.17, 15) is 31.7 Å². The van der Waals surface area contributed by atoms with Crippen molar-refractivity contribution in [2.24, 2.45) is 0 Å². The van der Waals surface area contributed by atoms with Crippen LogP contribution in [0.25, 0.3) is 11.1 Å². The summed E-state index contributed by atoms with van der Waals surface area (Å²) < 4.78 is 79.4. The van der Waals surface area contributed by atoms with Gasteiger partial charge in [-0.05, 0) is 52.6 Å². The van der Waals surface area contributed by atoms with Gasteiger partial charge in [0, 0.05) is 13.1 Å². The normalized spacial score (nSPS) is 12.3. The summed E-state index contributed by atoms with van der Waals surface area (Å²) in [5.74, 6) is -0.902. The number of methoxy groups -OCH3 is 2. The number of alkyl halides is 2. The van der Waals surface area contributed by atoms with Crippen LogP contribution < -0.4 is 9.47 Å². The Morgan fingerprint density at radius 1 is 0.867 bits per heavy atom. The Labute approximate surface area is 262 Å². The van der Waals surface area contributed by atoms with Crippen molar-refractivity contribution in [2.75, 3.05) is 14.2 Å². The molecule has 15 heteroatoms. The van der Waals surface area contributed by atoms with E-state index in [-0.39, 0.29) is 40.6 Å². The molecule has 0 saturated heterocycles. The highest BCUT2D eigenvalue weighted by atomic mass is 35.5. The first kappa shape index (κ1) is 34.0. The Kier molecular flexibility index (Phi) is 10.0. The number of aromatic carboxylic acids is 1. The number of benzene rings is 4. The number of nitrogens with zero attached hydrogens (tertiary/aromatic N) is 1. The molecular formula is C30H27ClF2NO9PS. The first-order valence-corrected chi connectivity index (χ1v) is 16.4. The second kappa shape index (κ2) is 13.3. The summed E-state index contributed by atoms with van der Waals surface area (Å²) in [6, 6.07) is 20.2. The maximum Gasteiger partial charge on any atom is 0.399 e. The van der Waals surface area contributed by atoms with Crippen LogP contribution in [0, 0.1) is 0 Å². The van der Waals surface area contributed by atoms with Crippen LogP contribution in [-0.4, -0.2) is 47.8 Å². The lowest BCUT2D eigenvalue weighted by Crippen LogP contribution is -2.30. The molecule has 0 atom stereocenters. The molecule has 10 nitrogen and oxygen atoms in total. The summed E-state index contributed by atoms with van der Waals surface area (Å²) in [4.78, 5) is 29.7. The molecule has 0 bridgehead atoms.